The molecule has 2 heterocycles. The molecule has 1 aromatic rings. The van der Waals surface area contributed by atoms with Crippen LogP contribution in [0.4, 0.5) is 19.0 Å². The number of hydrogen-bond acceptors (Lipinski definition) is 5. The van der Waals surface area contributed by atoms with E-state index in [0.29, 0.717) is 6.54 Å². The second kappa shape index (κ2) is 6.85. The number of nitrogens with one attached hydrogen (secondary N) is 1. The lowest BCUT2D eigenvalue weighted by Gasteiger charge is -2.26. The van der Waals surface area contributed by atoms with Crippen molar-refractivity contribution in [3.05, 3.63) is 18.1 Å². The van der Waals surface area contributed by atoms with Crippen molar-refractivity contribution in [1.29, 1.82) is 0 Å². The first kappa shape index (κ1) is 15.0. The van der Waals surface area contributed by atoms with Crippen molar-refractivity contribution >= 4 is 5.82 Å². The minimum atomic E-state index is -4.51. The monoisotopic (exact) mass is 290 g/mol. The van der Waals surface area contributed by atoms with Crippen LogP contribution in [0.15, 0.2) is 12.3 Å². The fourth-order valence-corrected chi connectivity index (χ4v) is 1.94. The molecule has 1 N–H and O–H groups in total. The van der Waals surface area contributed by atoms with Crippen LogP contribution in [0.25, 0.3) is 0 Å². The van der Waals surface area contributed by atoms with E-state index in [-0.39, 0.29) is 5.82 Å². The molecule has 0 saturated carbocycles. The molecule has 1 fully saturated rings. The largest absolute Gasteiger partial charge is 0.451 e. The van der Waals surface area contributed by atoms with Gasteiger partial charge in [-0.2, -0.15) is 13.2 Å². The van der Waals surface area contributed by atoms with Crippen molar-refractivity contribution in [2.75, 3.05) is 44.7 Å². The van der Waals surface area contributed by atoms with Crippen LogP contribution in [-0.2, 0) is 10.9 Å². The van der Waals surface area contributed by atoms with Crippen molar-refractivity contribution in [3.63, 3.8) is 0 Å². The molecular weight excluding hydrogens is 273 g/mol. The average Bonchev–Trinajstić information content (AvgIpc) is 2.44. The molecule has 2 rings (SSSR count). The van der Waals surface area contributed by atoms with Crippen molar-refractivity contribution in [1.82, 2.24) is 14.9 Å². The van der Waals surface area contributed by atoms with Gasteiger partial charge in [-0.25, -0.2) is 9.97 Å². The summed E-state index contributed by atoms with van der Waals surface area (Å²) in [6.45, 7) is 4.78. The first-order valence-electron chi connectivity index (χ1n) is 6.50. The zero-order chi connectivity index (χ0) is 14.4. The molecule has 0 aliphatic carbocycles. The first-order valence-corrected chi connectivity index (χ1v) is 6.50. The minimum absolute atomic E-state index is 0.203. The Morgan fingerprint density at radius 2 is 2.05 bits per heavy atom. The Morgan fingerprint density at radius 1 is 1.30 bits per heavy atom. The molecule has 0 unspecified atom stereocenters. The van der Waals surface area contributed by atoms with Crippen LogP contribution < -0.4 is 5.32 Å². The van der Waals surface area contributed by atoms with Crippen molar-refractivity contribution < 1.29 is 17.9 Å². The highest BCUT2D eigenvalue weighted by Crippen LogP contribution is 2.26. The topological polar surface area (TPSA) is 50.3 Å². The van der Waals surface area contributed by atoms with Gasteiger partial charge in [0.05, 0.1) is 13.2 Å². The summed E-state index contributed by atoms with van der Waals surface area (Å²) in [5.74, 6) is -0.912. The van der Waals surface area contributed by atoms with Crippen molar-refractivity contribution in [2.24, 2.45) is 0 Å². The van der Waals surface area contributed by atoms with Gasteiger partial charge < -0.3 is 10.1 Å². The highest BCUT2D eigenvalue weighted by Gasteiger charge is 2.34. The predicted molar refractivity (Wildman–Crippen MR) is 67.4 cm³/mol. The Kier molecular flexibility index (Phi) is 5.13. The number of morpholine rings is 1. The van der Waals surface area contributed by atoms with Gasteiger partial charge in [-0.1, -0.05) is 0 Å². The molecule has 1 saturated heterocycles. The first-order chi connectivity index (χ1) is 9.55. The second-order valence-electron chi connectivity index (χ2n) is 4.50. The van der Waals surface area contributed by atoms with Gasteiger partial charge in [0, 0.05) is 25.8 Å². The van der Waals surface area contributed by atoms with Crippen molar-refractivity contribution in [2.45, 2.75) is 12.6 Å². The highest BCUT2D eigenvalue weighted by molar-refractivity contribution is 5.33. The van der Waals surface area contributed by atoms with Gasteiger partial charge in [0.15, 0.2) is 0 Å². The Morgan fingerprint density at radius 3 is 2.75 bits per heavy atom. The number of rotatable bonds is 5. The summed E-state index contributed by atoms with van der Waals surface area (Å²) in [6.07, 6.45) is -2.56. The SMILES string of the molecule is FC(F)(F)c1nccc(NCCCN2CCOCC2)n1. The minimum Gasteiger partial charge on any atom is -0.379 e. The zero-order valence-corrected chi connectivity index (χ0v) is 11.0. The van der Waals surface area contributed by atoms with Crippen LogP contribution in [0, 0.1) is 0 Å². The maximum atomic E-state index is 12.4. The van der Waals surface area contributed by atoms with Crippen LogP contribution in [0.3, 0.4) is 0 Å². The molecule has 8 heteroatoms. The molecular formula is C12H17F3N4O. The summed E-state index contributed by atoms with van der Waals surface area (Å²) in [5.41, 5.74) is 0. The van der Waals surface area contributed by atoms with E-state index < -0.39 is 12.0 Å². The van der Waals surface area contributed by atoms with Gasteiger partial charge in [0.25, 0.3) is 0 Å². The average molecular weight is 290 g/mol. The molecule has 1 aromatic heterocycles. The summed E-state index contributed by atoms with van der Waals surface area (Å²) < 4.78 is 42.5. The summed E-state index contributed by atoms with van der Waals surface area (Å²) in [5, 5.41) is 2.89. The fraction of sp³-hybridized carbons (Fsp3) is 0.667. The Labute approximate surface area is 115 Å². The lowest BCUT2D eigenvalue weighted by molar-refractivity contribution is -0.144. The summed E-state index contributed by atoms with van der Waals surface area (Å²) >= 11 is 0. The van der Waals surface area contributed by atoms with Crippen LogP contribution in [0.2, 0.25) is 0 Å². The Bertz CT molecular complexity index is 421. The van der Waals surface area contributed by atoms with Crippen LogP contribution in [0.1, 0.15) is 12.2 Å². The quantitative estimate of drug-likeness (QED) is 0.835. The normalized spacial score (nSPS) is 17.1. The van der Waals surface area contributed by atoms with Gasteiger partial charge in [-0.05, 0) is 19.0 Å². The molecule has 5 nitrogen and oxygen atoms in total. The van der Waals surface area contributed by atoms with E-state index in [1.807, 2.05) is 0 Å². The molecule has 20 heavy (non-hydrogen) atoms. The Hall–Kier alpha value is -1.41. The van der Waals surface area contributed by atoms with Crippen LogP contribution in [0.5, 0.6) is 0 Å². The fourth-order valence-electron chi connectivity index (χ4n) is 1.94. The lowest BCUT2D eigenvalue weighted by atomic mass is 10.3. The molecule has 0 amide bonds. The third-order valence-corrected chi connectivity index (χ3v) is 2.97. The second-order valence-corrected chi connectivity index (χ2v) is 4.50. The standard InChI is InChI=1S/C12H17F3N4O/c13-12(14,15)11-17-4-2-10(18-11)16-3-1-5-19-6-8-20-9-7-19/h2,4H,1,3,5-9H2,(H,16,17,18). The maximum absolute atomic E-state index is 12.4. The number of alkyl halides is 3. The van der Waals surface area contributed by atoms with E-state index >= 15 is 0 Å². The number of hydrogen-bond donors (Lipinski definition) is 1. The molecule has 0 atom stereocenters. The van der Waals surface area contributed by atoms with Crippen LogP contribution >= 0.6 is 0 Å². The number of nitrogens with zero attached hydrogens (tertiary/aromatic N) is 3. The molecule has 0 aromatic carbocycles. The van der Waals surface area contributed by atoms with Gasteiger partial charge >= 0.3 is 6.18 Å². The summed E-state index contributed by atoms with van der Waals surface area (Å²) in [7, 11) is 0. The van der Waals surface area contributed by atoms with E-state index in [1.165, 1.54) is 6.07 Å². The third-order valence-electron chi connectivity index (χ3n) is 2.97. The van der Waals surface area contributed by atoms with E-state index in [0.717, 1.165) is 45.5 Å². The van der Waals surface area contributed by atoms with E-state index in [2.05, 4.69) is 20.2 Å². The molecule has 0 radical (unpaired) electrons. The van der Waals surface area contributed by atoms with E-state index in [4.69, 9.17) is 4.74 Å². The Balaban J connectivity index is 1.73. The van der Waals surface area contributed by atoms with E-state index in [9.17, 15) is 13.2 Å². The number of anilines is 1. The van der Waals surface area contributed by atoms with Gasteiger partial charge in [0.1, 0.15) is 5.82 Å². The smallest absolute Gasteiger partial charge is 0.379 e. The number of halogens is 3. The van der Waals surface area contributed by atoms with Crippen LogP contribution in [-0.4, -0.2) is 54.3 Å². The number of aromatic nitrogens is 2. The van der Waals surface area contributed by atoms with Gasteiger partial charge in [-0.3, -0.25) is 4.90 Å². The summed E-state index contributed by atoms with van der Waals surface area (Å²) in [6, 6.07) is 1.43. The maximum Gasteiger partial charge on any atom is 0.451 e. The molecule has 1 aliphatic heterocycles. The molecule has 0 bridgehead atoms. The number of ether oxygens (including phenoxy) is 1. The molecule has 1 aliphatic rings. The lowest BCUT2D eigenvalue weighted by Crippen LogP contribution is -2.37. The third kappa shape index (κ3) is 4.61. The van der Waals surface area contributed by atoms with E-state index in [1.54, 1.807) is 0 Å². The van der Waals surface area contributed by atoms with Crippen molar-refractivity contribution in [3.8, 4) is 0 Å². The predicted octanol–water partition coefficient (Wildman–Crippen LogP) is 1.63. The van der Waals surface area contributed by atoms with Gasteiger partial charge in [-0.15, -0.1) is 0 Å². The molecule has 0 spiro atoms. The molecule has 112 valence electrons. The zero-order valence-electron chi connectivity index (χ0n) is 11.0. The summed E-state index contributed by atoms with van der Waals surface area (Å²) in [4.78, 5) is 8.93. The highest BCUT2D eigenvalue weighted by atomic mass is 19.4. The van der Waals surface area contributed by atoms with Gasteiger partial charge in [0.2, 0.25) is 5.82 Å².